The van der Waals surface area contributed by atoms with Gasteiger partial charge in [0.05, 0.1) is 16.7 Å². The summed E-state index contributed by atoms with van der Waals surface area (Å²) < 4.78 is 2.02. The number of aromatic nitrogens is 2. The highest BCUT2D eigenvalue weighted by atomic mass is 15.2. The van der Waals surface area contributed by atoms with E-state index in [0.29, 0.717) is 5.95 Å². The maximum Gasteiger partial charge on any atom is 0.205 e. The van der Waals surface area contributed by atoms with Gasteiger partial charge in [0.1, 0.15) is 0 Å². The summed E-state index contributed by atoms with van der Waals surface area (Å²) in [5, 5.41) is 2.37. The molecule has 0 bridgehead atoms. The van der Waals surface area contributed by atoms with Crippen LogP contribution in [0.5, 0.6) is 0 Å². The molecule has 102 valence electrons. The van der Waals surface area contributed by atoms with Gasteiger partial charge in [0.2, 0.25) is 5.95 Å². The molecule has 1 aromatic heterocycles. The van der Waals surface area contributed by atoms with E-state index in [1.165, 1.54) is 16.3 Å². The first-order chi connectivity index (χ1) is 10.2. The quantitative estimate of drug-likeness (QED) is 0.568. The SMILES string of the molecule is Cc1ccc2c(c1)nc(N)n2-c1cccc2ccccc12. The van der Waals surface area contributed by atoms with E-state index in [9.17, 15) is 0 Å². The zero-order valence-corrected chi connectivity index (χ0v) is 11.7. The van der Waals surface area contributed by atoms with Gasteiger partial charge in [-0.05, 0) is 36.1 Å². The second-order valence-corrected chi connectivity index (χ2v) is 5.30. The molecule has 3 heteroatoms. The maximum atomic E-state index is 6.18. The number of rotatable bonds is 1. The molecule has 3 aromatic carbocycles. The molecule has 0 radical (unpaired) electrons. The Hall–Kier alpha value is -2.81. The predicted molar refractivity (Wildman–Crippen MR) is 87.7 cm³/mol. The van der Waals surface area contributed by atoms with Crippen molar-refractivity contribution in [2.24, 2.45) is 0 Å². The second-order valence-electron chi connectivity index (χ2n) is 5.30. The van der Waals surface area contributed by atoms with Crippen LogP contribution < -0.4 is 5.73 Å². The molecule has 4 aromatic rings. The molecule has 3 nitrogen and oxygen atoms in total. The van der Waals surface area contributed by atoms with Crippen molar-refractivity contribution in [2.45, 2.75) is 6.92 Å². The molecule has 0 unspecified atom stereocenters. The Morgan fingerprint density at radius 3 is 2.67 bits per heavy atom. The lowest BCUT2D eigenvalue weighted by molar-refractivity contribution is 1.12. The Balaban J connectivity index is 2.11. The fourth-order valence-electron chi connectivity index (χ4n) is 2.87. The maximum absolute atomic E-state index is 6.18. The Bertz CT molecular complexity index is 961. The predicted octanol–water partition coefficient (Wildman–Crippen LogP) is 4.07. The van der Waals surface area contributed by atoms with Gasteiger partial charge in [0.25, 0.3) is 0 Å². The first kappa shape index (κ1) is 12.0. The smallest absolute Gasteiger partial charge is 0.205 e. The Kier molecular flexibility index (Phi) is 2.48. The summed E-state index contributed by atoms with van der Waals surface area (Å²) in [5.74, 6) is 0.520. The standard InChI is InChI=1S/C18H15N3/c1-12-9-10-17-15(11-12)20-18(19)21(17)16-8-4-6-13-5-2-3-7-14(13)16/h2-11H,1H3,(H2,19,20). The molecule has 2 N–H and O–H groups in total. The van der Waals surface area contributed by atoms with Crippen LogP contribution in [0.15, 0.2) is 60.7 Å². The number of hydrogen-bond donors (Lipinski definition) is 1. The van der Waals surface area contributed by atoms with E-state index >= 15 is 0 Å². The van der Waals surface area contributed by atoms with Crippen molar-refractivity contribution >= 4 is 27.8 Å². The van der Waals surface area contributed by atoms with Gasteiger partial charge >= 0.3 is 0 Å². The molecular formula is C18H15N3. The second kappa shape index (κ2) is 4.35. The van der Waals surface area contributed by atoms with Crippen molar-refractivity contribution in [3.8, 4) is 5.69 Å². The van der Waals surface area contributed by atoms with Gasteiger partial charge in [-0.15, -0.1) is 0 Å². The molecule has 0 fully saturated rings. The lowest BCUT2D eigenvalue weighted by Gasteiger charge is -2.10. The van der Waals surface area contributed by atoms with Crippen molar-refractivity contribution in [1.82, 2.24) is 9.55 Å². The third-order valence-corrected chi connectivity index (χ3v) is 3.84. The normalized spacial score (nSPS) is 11.3. The lowest BCUT2D eigenvalue weighted by atomic mass is 10.1. The highest BCUT2D eigenvalue weighted by molar-refractivity contribution is 5.93. The number of hydrogen-bond acceptors (Lipinski definition) is 2. The number of nitrogens with two attached hydrogens (primary N) is 1. The van der Waals surface area contributed by atoms with Crippen LogP contribution >= 0.6 is 0 Å². The number of nitrogens with zero attached hydrogens (tertiary/aromatic N) is 2. The number of anilines is 1. The van der Waals surface area contributed by atoms with E-state index in [0.717, 1.165) is 16.7 Å². The molecule has 0 aliphatic rings. The molecule has 0 saturated carbocycles. The van der Waals surface area contributed by atoms with Gasteiger partial charge < -0.3 is 5.73 Å². The van der Waals surface area contributed by atoms with Gasteiger partial charge in [-0.3, -0.25) is 4.57 Å². The van der Waals surface area contributed by atoms with Crippen LogP contribution in [0.3, 0.4) is 0 Å². The van der Waals surface area contributed by atoms with E-state index in [1.54, 1.807) is 0 Å². The summed E-state index contributed by atoms with van der Waals surface area (Å²) in [6.07, 6.45) is 0. The van der Waals surface area contributed by atoms with Crippen LogP contribution in [0.25, 0.3) is 27.5 Å². The first-order valence-corrected chi connectivity index (χ1v) is 6.97. The number of nitrogen functional groups attached to an aromatic ring is 1. The minimum Gasteiger partial charge on any atom is -0.369 e. The van der Waals surface area contributed by atoms with Crippen LogP contribution in [0.4, 0.5) is 5.95 Å². The number of imidazole rings is 1. The van der Waals surface area contributed by atoms with Gasteiger partial charge in [-0.1, -0.05) is 42.5 Å². The van der Waals surface area contributed by atoms with Gasteiger partial charge in [0.15, 0.2) is 0 Å². The van der Waals surface area contributed by atoms with E-state index in [-0.39, 0.29) is 0 Å². The fourth-order valence-corrected chi connectivity index (χ4v) is 2.87. The molecule has 0 spiro atoms. The van der Waals surface area contributed by atoms with Gasteiger partial charge in [-0.25, -0.2) is 4.98 Å². The zero-order chi connectivity index (χ0) is 14.4. The van der Waals surface area contributed by atoms with E-state index in [2.05, 4.69) is 60.4 Å². The van der Waals surface area contributed by atoms with E-state index in [1.807, 2.05) is 16.7 Å². The first-order valence-electron chi connectivity index (χ1n) is 6.97. The van der Waals surface area contributed by atoms with Crippen molar-refractivity contribution in [1.29, 1.82) is 0 Å². The average Bonchev–Trinajstić information content (AvgIpc) is 2.81. The number of fused-ring (bicyclic) bond motifs is 2. The monoisotopic (exact) mass is 273 g/mol. The Labute approximate surface area is 122 Å². The number of benzene rings is 3. The molecule has 0 saturated heterocycles. The average molecular weight is 273 g/mol. The van der Waals surface area contributed by atoms with E-state index in [4.69, 9.17) is 5.73 Å². The van der Waals surface area contributed by atoms with Crippen LogP contribution in [0.1, 0.15) is 5.56 Å². The highest BCUT2D eigenvalue weighted by Gasteiger charge is 2.12. The lowest BCUT2D eigenvalue weighted by Crippen LogP contribution is -2.01. The third kappa shape index (κ3) is 1.78. The van der Waals surface area contributed by atoms with Gasteiger partial charge in [-0.2, -0.15) is 0 Å². The highest BCUT2D eigenvalue weighted by Crippen LogP contribution is 2.28. The summed E-state index contributed by atoms with van der Waals surface area (Å²) in [5.41, 5.74) is 10.4. The zero-order valence-electron chi connectivity index (χ0n) is 11.7. The largest absolute Gasteiger partial charge is 0.369 e. The molecule has 0 atom stereocenters. The fraction of sp³-hybridized carbons (Fsp3) is 0.0556. The van der Waals surface area contributed by atoms with E-state index < -0.39 is 0 Å². The Morgan fingerprint density at radius 1 is 0.952 bits per heavy atom. The van der Waals surface area contributed by atoms with Crippen LogP contribution in [0.2, 0.25) is 0 Å². The minimum atomic E-state index is 0.520. The molecule has 0 aliphatic carbocycles. The summed E-state index contributed by atoms with van der Waals surface area (Å²) in [4.78, 5) is 4.50. The molecule has 4 rings (SSSR count). The molecule has 1 heterocycles. The van der Waals surface area contributed by atoms with Crippen LogP contribution in [0, 0.1) is 6.92 Å². The number of aryl methyl sites for hydroxylation is 1. The summed E-state index contributed by atoms with van der Waals surface area (Å²) in [6.45, 7) is 2.06. The molecule has 21 heavy (non-hydrogen) atoms. The molecule has 0 amide bonds. The summed E-state index contributed by atoms with van der Waals surface area (Å²) in [6, 6.07) is 20.8. The third-order valence-electron chi connectivity index (χ3n) is 3.84. The van der Waals surface area contributed by atoms with Crippen molar-refractivity contribution in [2.75, 3.05) is 5.73 Å². The summed E-state index contributed by atoms with van der Waals surface area (Å²) >= 11 is 0. The van der Waals surface area contributed by atoms with Gasteiger partial charge in [0, 0.05) is 5.39 Å². The molecule has 0 aliphatic heterocycles. The molecular weight excluding hydrogens is 258 g/mol. The van der Waals surface area contributed by atoms with Crippen molar-refractivity contribution in [3.63, 3.8) is 0 Å². The van der Waals surface area contributed by atoms with Crippen LogP contribution in [-0.4, -0.2) is 9.55 Å². The summed E-state index contributed by atoms with van der Waals surface area (Å²) in [7, 11) is 0. The van der Waals surface area contributed by atoms with Crippen molar-refractivity contribution in [3.05, 3.63) is 66.2 Å². The van der Waals surface area contributed by atoms with Crippen LogP contribution in [-0.2, 0) is 0 Å². The van der Waals surface area contributed by atoms with Crippen molar-refractivity contribution < 1.29 is 0 Å². The Morgan fingerprint density at radius 2 is 1.76 bits per heavy atom. The topological polar surface area (TPSA) is 43.8 Å². The minimum absolute atomic E-state index is 0.520.